The number of halogens is 1. The second-order valence-corrected chi connectivity index (χ2v) is 8.96. The molecule has 34 heavy (non-hydrogen) atoms. The van der Waals surface area contributed by atoms with Gasteiger partial charge in [0.15, 0.2) is 11.0 Å². The maximum Gasteiger partial charge on any atom is 0.253 e. The van der Waals surface area contributed by atoms with E-state index in [1.165, 1.54) is 11.8 Å². The number of benzene rings is 2. The molecule has 0 bridgehead atoms. The lowest BCUT2D eigenvalue weighted by atomic mass is 10.3. The molecule has 2 N–H and O–H groups in total. The van der Waals surface area contributed by atoms with Crippen molar-refractivity contribution in [2.45, 2.75) is 23.9 Å². The summed E-state index contributed by atoms with van der Waals surface area (Å²) in [7, 11) is 0. The molecule has 172 valence electrons. The molecule has 0 aliphatic heterocycles. The molecular weight excluding hydrogens is 470 g/mol. The third-order valence-electron chi connectivity index (χ3n) is 4.73. The van der Waals surface area contributed by atoms with E-state index >= 15 is 0 Å². The van der Waals surface area contributed by atoms with E-state index in [9.17, 15) is 4.79 Å². The predicted octanol–water partition coefficient (Wildman–Crippen LogP) is 4.56. The smallest absolute Gasteiger partial charge is 0.253 e. The number of hydrogen-bond acceptors (Lipinski definition) is 7. The van der Waals surface area contributed by atoms with Gasteiger partial charge in [-0.1, -0.05) is 47.6 Å². The topological polar surface area (TPSA) is 97.1 Å². The molecule has 0 spiro atoms. The first-order valence-electron chi connectivity index (χ1n) is 10.5. The molecule has 0 saturated carbocycles. The third-order valence-corrected chi connectivity index (χ3v) is 6.03. The number of aromatic nitrogens is 4. The number of pyridine rings is 1. The van der Waals surface area contributed by atoms with Crippen LogP contribution in [0.25, 0.3) is 5.69 Å². The molecule has 2 heterocycles. The Morgan fingerprint density at radius 1 is 1.12 bits per heavy atom. The summed E-state index contributed by atoms with van der Waals surface area (Å²) in [5.41, 5.74) is 5.19. The molecule has 0 aliphatic carbocycles. The number of nitrogens with zero attached hydrogens (tertiary/aromatic N) is 5. The normalized spacial score (nSPS) is 11.9. The minimum atomic E-state index is -0.449. The summed E-state index contributed by atoms with van der Waals surface area (Å²) < 4.78 is 1.94. The van der Waals surface area contributed by atoms with Crippen molar-refractivity contribution in [2.75, 3.05) is 5.32 Å². The fourth-order valence-electron chi connectivity index (χ4n) is 3.00. The number of hydrogen-bond donors (Lipinski definition) is 2. The minimum Gasteiger partial charge on any atom is -0.378 e. The van der Waals surface area contributed by atoms with Crippen LogP contribution in [-0.2, 0) is 11.3 Å². The number of carbonyl (C=O) groups excluding carboxylic acids is 1. The van der Waals surface area contributed by atoms with E-state index in [0.29, 0.717) is 22.5 Å². The fraction of sp³-hybridized carbons (Fsp3) is 0.125. The van der Waals surface area contributed by atoms with Crippen LogP contribution >= 0.6 is 23.4 Å². The molecule has 0 radical (unpaired) electrons. The molecule has 2 aromatic carbocycles. The maximum absolute atomic E-state index is 12.6. The molecule has 0 saturated heterocycles. The van der Waals surface area contributed by atoms with E-state index in [1.807, 2.05) is 65.2 Å². The van der Waals surface area contributed by atoms with Gasteiger partial charge < -0.3 is 5.32 Å². The molecule has 0 aliphatic rings. The Hall–Kier alpha value is -3.69. The molecule has 2 aromatic heterocycles. The monoisotopic (exact) mass is 491 g/mol. The zero-order valence-electron chi connectivity index (χ0n) is 18.3. The van der Waals surface area contributed by atoms with Gasteiger partial charge >= 0.3 is 0 Å². The highest BCUT2D eigenvalue weighted by molar-refractivity contribution is 8.00. The van der Waals surface area contributed by atoms with Gasteiger partial charge in [-0.05, 0) is 49.4 Å². The summed E-state index contributed by atoms with van der Waals surface area (Å²) in [6.07, 6.45) is 4.89. The van der Waals surface area contributed by atoms with Crippen LogP contribution in [0, 0.1) is 0 Å². The first-order valence-corrected chi connectivity index (χ1v) is 11.7. The van der Waals surface area contributed by atoms with Gasteiger partial charge in [-0.2, -0.15) is 5.10 Å². The van der Waals surface area contributed by atoms with Crippen LogP contribution in [0.5, 0.6) is 0 Å². The van der Waals surface area contributed by atoms with E-state index in [4.69, 9.17) is 11.6 Å². The van der Waals surface area contributed by atoms with Gasteiger partial charge in [0.2, 0.25) is 0 Å². The van der Waals surface area contributed by atoms with Crippen molar-refractivity contribution in [1.29, 1.82) is 0 Å². The highest BCUT2D eigenvalue weighted by Crippen LogP contribution is 2.26. The van der Waals surface area contributed by atoms with Crippen LogP contribution in [0.4, 0.5) is 5.69 Å². The Morgan fingerprint density at radius 2 is 1.91 bits per heavy atom. The SMILES string of the molecule is CC(Sc1nnc(CNc2ccc(Cl)cc2)n1-c1ccccc1)C(=O)NN=Cc1cccnc1. The number of hydrazone groups is 1. The lowest BCUT2D eigenvalue weighted by Crippen LogP contribution is -2.27. The number of para-hydroxylation sites is 1. The number of thioether (sulfide) groups is 1. The summed E-state index contributed by atoms with van der Waals surface area (Å²) in [6, 6.07) is 20.9. The molecule has 10 heteroatoms. The van der Waals surface area contributed by atoms with Gasteiger partial charge in [-0.15, -0.1) is 10.2 Å². The fourth-order valence-corrected chi connectivity index (χ4v) is 4.01. The first kappa shape index (κ1) is 23.5. The van der Waals surface area contributed by atoms with Crippen LogP contribution < -0.4 is 10.7 Å². The van der Waals surface area contributed by atoms with E-state index in [-0.39, 0.29) is 5.91 Å². The van der Waals surface area contributed by atoms with Gasteiger partial charge in [-0.3, -0.25) is 14.3 Å². The van der Waals surface area contributed by atoms with Crippen molar-refractivity contribution in [3.05, 3.63) is 95.5 Å². The molecule has 1 unspecified atom stereocenters. The average Bonchev–Trinajstić information content (AvgIpc) is 3.27. The number of nitrogens with one attached hydrogen (secondary N) is 2. The van der Waals surface area contributed by atoms with Crippen molar-refractivity contribution in [3.8, 4) is 5.69 Å². The van der Waals surface area contributed by atoms with E-state index in [2.05, 4.69) is 31.0 Å². The van der Waals surface area contributed by atoms with E-state index < -0.39 is 5.25 Å². The van der Waals surface area contributed by atoms with Crippen molar-refractivity contribution >= 4 is 41.2 Å². The third kappa shape index (κ3) is 6.21. The second-order valence-electron chi connectivity index (χ2n) is 7.21. The number of rotatable bonds is 9. The van der Waals surface area contributed by atoms with Crippen molar-refractivity contribution in [1.82, 2.24) is 25.2 Å². The quantitative estimate of drug-likeness (QED) is 0.202. The van der Waals surface area contributed by atoms with Crippen LogP contribution in [0.3, 0.4) is 0 Å². The van der Waals surface area contributed by atoms with E-state index in [0.717, 1.165) is 16.9 Å². The Labute approximate surface area is 206 Å². The van der Waals surface area contributed by atoms with Gasteiger partial charge in [-0.25, -0.2) is 5.43 Å². The van der Waals surface area contributed by atoms with Gasteiger partial charge in [0.1, 0.15) is 0 Å². The molecular formula is C24H22ClN7OS. The van der Waals surface area contributed by atoms with Crippen LogP contribution in [0.15, 0.2) is 89.4 Å². The summed E-state index contributed by atoms with van der Waals surface area (Å²) >= 11 is 7.28. The highest BCUT2D eigenvalue weighted by Gasteiger charge is 2.21. The number of amides is 1. The molecule has 0 fully saturated rings. The van der Waals surface area contributed by atoms with Gasteiger partial charge in [0.05, 0.1) is 18.0 Å². The Morgan fingerprint density at radius 3 is 2.65 bits per heavy atom. The van der Waals surface area contributed by atoms with Gasteiger partial charge in [0.25, 0.3) is 5.91 Å². The lowest BCUT2D eigenvalue weighted by molar-refractivity contribution is -0.120. The summed E-state index contributed by atoms with van der Waals surface area (Å²) in [4.78, 5) is 16.6. The highest BCUT2D eigenvalue weighted by atomic mass is 35.5. The second kappa shape index (κ2) is 11.4. The maximum atomic E-state index is 12.6. The van der Waals surface area contributed by atoms with Crippen LogP contribution in [0.1, 0.15) is 18.3 Å². The van der Waals surface area contributed by atoms with E-state index in [1.54, 1.807) is 31.6 Å². The largest absolute Gasteiger partial charge is 0.378 e. The van der Waals surface area contributed by atoms with Crippen molar-refractivity contribution < 1.29 is 4.79 Å². The Balaban J connectivity index is 1.47. The summed E-state index contributed by atoms with van der Waals surface area (Å²) in [5.74, 6) is 0.472. The van der Waals surface area contributed by atoms with Crippen molar-refractivity contribution in [3.63, 3.8) is 0 Å². The van der Waals surface area contributed by atoms with Crippen molar-refractivity contribution in [2.24, 2.45) is 5.10 Å². The van der Waals surface area contributed by atoms with Crippen LogP contribution in [0.2, 0.25) is 5.02 Å². The Bertz CT molecular complexity index is 1250. The molecule has 1 atom stereocenters. The van der Waals surface area contributed by atoms with Crippen LogP contribution in [-0.4, -0.2) is 37.1 Å². The standard InChI is InChI=1S/C24H22ClN7OS/c1-17(23(33)30-28-15-18-6-5-13-26-14-18)34-24-31-29-22(32(24)21-7-3-2-4-8-21)16-27-20-11-9-19(25)10-12-20/h2-15,17,27H,16H2,1H3,(H,30,33). The lowest BCUT2D eigenvalue weighted by Gasteiger charge is -2.13. The molecule has 4 aromatic rings. The number of carbonyl (C=O) groups is 1. The number of anilines is 1. The first-order chi connectivity index (χ1) is 16.6. The predicted molar refractivity (Wildman–Crippen MR) is 135 cm³/mol. The molecule has 4 rings (SSSR count). The van der Waals surface area contributed by atoms with Gasteiger partial charge in [0, 0.05) is 34.4 Å². The minimum absolute atomic E-state index is 0.242. The average molecular weight is 492 g/mol. The molecule has 1 amide bonds. The molecule has 8 nitrogen and oxygen atoms in total. The summed E-state index contributed by atoms with van der Waals surface area (Å²) in [5, 5.41) is 16.9. The zero-order chi connectivity index (χ0) is 23.8. The zero-order valence-corrected chi connectivity index (χ0v) is 19.9. The summed E-state index contributed by atoms with van der Waals surface area (Å²) in [6.45, 7) is 2.25. The Kier molecular flexibility index (Phi) is 7.90.